The normalized spacial score (nSPS) is 14.8. The van der Waals surface area contributed by atoms with E-state index in [0.29, 0.717) is 54.6 Å². The third kappa shape index (κ3) is 8.77. The van der Waals surface area contributed by atoms with Gasteiger partial charge in [-0.05, 0) is 32.9 Å². The van der Waals surface area contributed by atoms with E-state index in [2.05, 4.69) is 19.8 Å². The van der Waals surface area contributed by atoms with Gasteiger partial charge in [0, 0.05) is 38.2 Å². The highest BCUT2D eigenvalue weighted by molar-refractivity contribution is 7.91. The van der Waals surface area contributed by atoms with Crippen LogP contribution in [0.1, 0.15) is 32.4 Å². The van der Waals surface area contributed by atoms with Crippen LogP contribution in [-0.2, 0) is 23.7 Å². The zero-order chi connectivity index (χ0) is 28.8. The molecule has 0 saturated carbocycles. The van der Waals surface area contributed by atoms with Crippen molar-refractivity contribution in [2.45, 2.75) is 50.8 Å². The predicted octanol–water partition coefficient (Wildman–Crippen LogP) is 2.81. The molecule has 0 aliphatic carbocycles. The molecule has 0 bridgehead atoms. The largest absolute Gasteiger partial charge is 0.490 e. The van der Waals surface area contributed by atoms with Gasteiger partial charge in [0.05, 0.1) is 37.0 Å². The molecule has 3 heterocycles. The third-order valence-corrected chi connectivity index (χ3v) is 7.73. The van der Waals surface area contributed by atoms with Crippen molar-refractivity contribution in [3.63, 3.8) is 0 Å². The van der Waals surface area contributed by atoms with Crippen molar-refractivity contribution in [3.05, 3.63) is 30.1 Å². The fraction of sp³-hybridized carbons (Fsp3) is 0.522. The van der Waals surface area contributed by atoms with E-state index in [0.717, 1.165) is 0 Å². The van der Waals surface area contributed by atoms with Crippen LogP contribution in [-0.4, -0.2) is 83.9 Å². The standard InChI is InChI=1S/C23H33N4O10PS/c1-15(2)36-23(28)27-11-8-17(9-12-27)37-19-7-10-24-22(21(19)34-4)26-18-5-6-20(25-16(18)3)39(32,33)14-13-35-38(29,30)31/h5-7,10,15,17H,8-9,11-14H2,1-4H3,(H,24,26)(H2,29,30,31). The molecule has 2 aromatic heterocycles. The number of hydrogen-bond donors (Lipinski definition) is 3. The Morgan fingerprint density at radius 3 is 2.51 bits per heavy atom. The summed E-state index contributed by atoms with van der Waals surface area (Å²) in [4.78, 5) is 39.7. The van der Waals surface area contributed by atoms with Crippen LogP contribution in [0.15, 0.2) is 29.4 Å². The van der Waals surface area contributed by atoms with Crippen LogP contribution in [0.3, 0.4) is 0 Å². The van der Waals surface area contributed by atoms with E-state index in [1.54, 1.807) is 31.7 Å². The number of phosphoric ester groups is 1. The number of likely N-dealkylation sites (tertiary alicyclic amines) is 1. The molecular formula is C23H33N4O10PS. The summed E-state index contributed by atoms with van der Waals surface area (Å²) in [5.41, 5.74) is 0.795. The molecule has 1 saturated heterocycles. The number of aryl methyl sites for hydroxylation is 1. The second-order valence-electron chi connectivity index (χ2n) is 8.98. The van der Waals surface area contributed by atoms with Gasteiger partial charge in [-0.25, -0.2) is 27.7 Å². The molecule has 216 valence electrons. The molecule has 3 N–H and O–H groups in total. The first-order valence-electron chi connectivity index (χ1n) is 12.1. The molecule has 16 heteroatoms. The Kier molecular flexibility index (Phi) is 10.1. The molecule has 1 aliphatic heterocycles. The number of methoxy groups -OCH3 is 1. The first kappa shape index (κ1) is 30.6. The van der Waals surface area contributed by atoms with Gasteiger partial charge in [-0.15, -0.1) is 0 Å². The summed E-state index contributed by atoms with van der Waals surface area (Å²) >= 11 is 0. The molecule has 14 nitrogen and oxygen atoms in total. The summed E-state index contributed by atoms with van der Waals surface area (Å²) < 4.78 is 57.0. The quantitative estimate of drug-likeness (QED) is 0.326. The lowest BCUT2D eigenvalue weighted by Gasteiger charge is -2.32. The van der Waals surface area contributed by atoms with Gasteiger partial charge < -0.3 is 34.2 Å². The SMILES string of the molecule is COc1c(OC2CCN(C(=O)OC(C)C)CC2)ccnc1Nc1ccc(S(=O)(=O)CCOP(=O)(O)O)nc1C. The Hall–Kier alpha value is -2.97. The number of piperidine rings is 1. The van der Waals surface area contributed by atoms with Gasteiger partial charge in [0.1, 0.15) is 6.10 Å². The third-order valence-electron chi connectivity index (χ3n) is 5.65. The van der Waals surface area contributed by atoms with Gasteiger partial charge in [-0.3, -0.25) is 4.52 Å². The lowest BCUT2D eigenvalue weighted by molar-refractivity contribution is 0.0511. The molecule has 0 aromatic carbocycles. The number of amides is 1. The van der Waals surface area contributed by atoms with Crippen LogP contribution >= 0.6 is 7.82 Å². The summed E-state index contributed by atoms with van der Waals surface area (Å²) in [7, 11) is -7.25. The van der Waals surface area contributed by atoms with Crippen LogP contribution in [0.25, 0.3) is 0 Å². The van der Waals surface area contributed by atoms with E-state index in [1.807, 2.05) is 0 Å². The first-order valence-corrected chi connectivity index (χ1v) is 15.3. The number of ether oxygens (including phenoxy) is 3. The Morgan fingerprint density at radius 2 is 1.92 bits per heavy atom. The maximum atomic E-state index is 12.5. The number of aromatic nitrogens is 2. The fourth-order valence-corrected chi connectivity index (χ4v) is 5.28. The van der Waals surface area contributed by atoms with Gasteiger partial charge in [0.2, 0.25) is 5.75 Å². The average Bonchev–Trinajstić information content (AvgIpc) is 2.84. The molecule has 1 fully saturated rings. The minimum absolute atomic E-state index is 0.153. The van der Waals surface area contributed by atoms with Crippen LogP contribution < -0.4 is 14.8 Å². The Labute approximate surface area is 226 Å². The Bertz CT molecular complexity index is 1310. The van der Waals surface area contributed by atoms with E-state index in [4.69, 9.17) is 24.0 Å². The van der Waals surface area contributed by atoms with Gasteiger partial charge in [-0.2, -0.15) is 0 Å². The van der Waals surface area contributed by atoms with Crippen molar-refractivity contribution < 1.29 is 46.3 Å². The number of sulfone groups is 1. The first-order chi connectivity index (χ1) is 18.3. The number of carbonyl (C=O) groups excluding carboxylic acids is 1. The highest BCUT2D eigenvalue weighted by Crippen LogP contribution is 2.37. The highest BCUT2D eigenvalue weighted by atomic mass is 32.2. The number of pyridine rings is 2. The van der Waals surface area contributed by atoms with Crippen molar-refractivity contribution in [1.82, 2.24) is 14.9 Å². The van der Waals surface area contributed by atoms with Crippen LogP contribution in [0.4, 0.5) is 16.3 Å². The smallest absolute Gasteiger partial charge is 0.469 e. The maximum absolute atomic E-state index is 12.5. The molecule has 3 rings (SSSR count). The molecule has 1 amide bonds. The van der Waals surface area contributed by atoms with E-state index in [-0.39, 0.29) is 23.3 Å². The average molecular weight is 589 g/mol. The monoisotopic (exact) mass is 588 g/mol. The molecule has 0 radical (unpaired) electrons. The minimum atomic E-state index is -4.78. The van der Waals surface area contributed by atoms with E-state index in [9.17, 15) is 17.8 Å². The van der Waals surface area contributed by atoms with Crippen molar-refractivity contribution in [2.75, 3.05) is 37.9 Å². The molecule has 2 aromatic rings. The van der Waals surface area contributed by atoms with Crippen molar-refractivity contribution in [3.8, 4) is 11.5 Å². The lowest BCUT2D eigenvalue weighted by Crippen LogP contribution is -2.42. The number of nitrogens with one attached hydrogen (secondary N) is 1. The molecular weight excluding hydrogens is 555 g/mol. The maximum Gasteiger partial charge on any atom is 0.469 e. The molecule has 0 spiro atoms. The van der Waals surface area contributed by atoms with E-state index < -0.39 is 30.0 Å². The Morgan fingerprint density at radius 1 is 1.23 bits per heavy atom. The number of phosphoric acid groups is 1. The molecule has 0 unspecified atom stereocenters. The molecule has 1 aliphatic rings. The zero-order valence-corrected chi connectivity index (χ0v) is 23.8. The predicted molar refractivity (Wildman–Crippen MR) is 140 cm³/mol. The summed E-state index contributed by atoms with van der Waals surface area (Å²) in [6.45, 7) is 5.52. The van der Waals surface area contributed by atoms with E-state index >= 15 is 0 Å². The summed E-state index contributed by atoms with van der Waals surface area (Å²) in [6.07, 6.45) is 2.08. The van der Waals surface area contributed by atoms with Gasteiger partial charge in [0.15, 0.2) is 26.4 Å². The zero-order valence-electron chi connectivity index (χ0n) is 22.1. The summed E-state index contributed by atoms with van der Waals surface area (Å²) in [6, 6.07) is 4.44. The summed E-state index contributed by atoms with van der Waals surface area (Å²) in [5.74, 6) is 0.464. The number of rotatable bonds is 11. The number of hydrogen-bond acceptors (Lipinski definition) is 11. The lowest BCUT2D eigenvalue weighted by atomic mass is 10.1. The van der Waals surface area contributed by atoms with Crippen LogP contribution in [0.2, 0.25) is 0 Å². The minimum Gasteiger partial charge on any atom is -0.490 e. The van der Waals surface area contributed by atoms with Gasteiger partial charge in [-0.1, -0.05) is 0 Å². The molecule has 0 atom stereocenters. The highest BCUT2D eigenvalue weighted by Gasteiger charge is 2.27. The number of carbonyl (C=O) groups is 1. The van der Waals surface area contributed by atoms with Crippen molar-refractivity contribution >= 4 is 35.3 Å². The van der Waals surface area contributed by atoms with Gasteiger partial charge in [0.25, 0.3) is 0 Å². The topological polar surface area (TPSA) is 187 Å². The van der Waals surface area contributed by atoms with E-state index in [1.165, 1.54) is 25.4 Å². The number of anilines is 2. The summed E-state index contributed by atoms with van der Waals surface area (Å²) in [5, 5.41) is 2.82. The van der Waals surface area contributed by atoms with Crippen molar-refractivity contribution in [1.29, 1.82) is 0 Å². The van der Waals surface area contributed by atoms with Crippen LogP contribution in [0, 0.1) is 6.92 Å². The fourth-order valence-electron chi connectivity index (χ4n) is 3.76. The number of nitrogens with zero attached hydrogens (tertiary/aromatic N) is 3. The molecule has 39 heavy (non-hydrogen) atoms. The second kappa shape index (κ2) is 12.9. The second-order valence-corrected chi connectivity index (χ2v) is 12.3. The Balaban J connectivity index is 1.68. The van der Waals surface area contributed by atoms with Crippen LogP contribution in [0.5, 0.6) is 11.5 Å². The van der Waals surface area contributed by atoms with Crippen molar-refractivity contribution in [2.24, 2.45) is 0 Å². The van der Waals surface area contributed by atoms with Gasteiger partial charge >= 0.3 is 13.9 Å².